The highest BCUT2D eigenvalue weighted by Crippen LogP contribution is 2.22. The summed E-state index contributed by atoms with van der Waals surface area (Å²) >= 11 is 0. The number of imide groups is 1. The van der Waals surface area contributed by atoms with Gasteiger partial charge in [-0.15, -0.1) is 0 Å². The van der Waals surface area contributed by atoms with Gasteiger partial charge in [-0.05, 0) is 36.8 Å². The van der Waals surface area contributed by atoms with Gasteiger partial charge in [-0.2, -0.15) is 0 Å². The molecule has 0 bridgehead atoms. The highest BCUT2D eigenvalue weighted by molar-refractivity contribution is 5.99. The SMILES string of the molecule is CC(C)Cc1ccc(C(C)C(=O)N2CCCC2=O)cc1. The van der Waals surface area contributed by atoms with E-state index in [-0.39, 0.29) is 17.7 Å². The largest absolute Gasteiger partial charge is 0.282 e. The molecule has 2 amide bonds. The predicted molar refractivity (Wildman–Crippen MR) is 79.4 cm³/mol. The van der Waals surface area contributed by atoms with Gasteiger partial charge in [0.15, 0.2) is 0 Å². The van der Waals surface area contributed by atoms with Crippen LogP contribution in [0.4, 0.5) is 0 Å². The van der Waals surface area contributed by atoms with Gasteiger partial charge in [0.1, 0.15) is 0 Å². The van der Waals surface area contributed by atoms with Crippen LogP contribution >= 0.6 is 0 Å². The zero-order valence-corrected chi connectivity index (χ0v) is 12.6. The molecule has 108 valence electrons. The Morgan fingerprint density at radius 1 is 1.20 bits per heavy atom. The molecule has 0 saturated carbocycles. The van der Waals surface area contributed by atoms with Crippen molar-refractivity contribution in [1.82, 2.24) is 4.90 Å². The van der Waals surface area contributed by atoms with E-state index in [0.717, 1.165) is 18.4 Å². The molecule has 3 nitrogen and oxygen atoms in total. The highest BCUT2D eigenvalue weighted by Gasteiger charge is 2.30. The molecule has 1 saturated heterocycles. The van der Waals surface area contributed by atoms with Crippen molar-refractivity contribution in [2.24, 2.45) is 5.92 Å². The molecule has 1 aliphatic heterocycles. The Balaban J connectivity index is 2.06. The third-order valence-corrected chi connectivity index (χ3v) is 3.83. The van der Waals surface area contributed by atoms with Crippen LogP contribution in [0.1, 0.15) is 50.7 Å². The molecule has 1 aliphatic rings. The summed E-state index contributed by atoms with van der Waals surface area (Å²) in [4.78, 5) is 25.4. The van der Waals surface area contributed by atoms with Crippen LogP contribution in [-0.4, -0.2) is 23.3 Å². The van der Waals surface area contributed by atoms with Crippen LogP contribution in [0.2, 0.25) is 0 Å². The van der Waals surface area contributed by atoms with Crippen LogP contribution in [0.3, 0.4) is 0 Å². The van der Waals surface area contributed by atoms with E-state index >= 15 is 0 Å². The zero-order valence-electron chi connectivity index (χ0n) is 12.6. The summed E-state index contributed by atoms with van der Waals surface area (Å²) in [6, 6.07) is 8.21. The van der Waals surface area contributed by atoms with Gasteiger partial charge in [0.25, 0.3) is 0 Å². The molecule has 1 unspecified atom stereocenters. The molecule has 0 spiro atoms. The fourth-order valence-corrected chi connectivity index (χ4v) is 2.67. The lowest BCUT2D eigenvalue weighted by molar-refractivity contribution is -0.142. The van der Waals surface area contributed by atoms with Crippen LogP contribution in [0.5, 0.6) is 0 Å². The first-order valence-electron chi connectivity index (χ1n) is 7.42. The molecule has 0 N–H and O–H groups in total. The molecule has 3 heteroatoms. The van der Waals surface area contributed by atoms with Gasteiger partial charge in [0.2, 0.25) is 11.8 Å². The Morgan fingerprint density at radius 3 is 2.35 bits per heavy atom. The lowest BCUT2D eigenvalue weighted by atomic mass is 9.96. The minimum Gasteiger partial charge on any atom is -0.282 e. The van der Waals surface area contributed by atoms with E-state index in [9.17, 15) is 9.59 Å². The number of benzene rings is 1. The molecular formula is C17H23NO2. The topological polar surface area (TPSA) is 37.4 Å². The van der Waals surface area contributed by atoms with Gasteiger partial charge in [-0.1, -0.05) is 38.1 Å². The van der Waals surface area contributed by atoms with Crippen molar-refractivity contribution in [3.05, 3.63) is 35.4 Å². The minimum atomic E-state index is -0.245. The first kappa shape index (κ1) is 14.8. The van der Waals surface area contributed by atoms with Gasteiger partial charge in [0, 0.05) is 13.0 Å². The van der Waals surface area contributed by atoms with Crippen LogP contribution < -0.4 is 0 Å². The number of hydrogen-bond donors (Lipinski definition) is 0. The molecule has 2 rings (SSSR count). The molecule has 0 aliphatic carbocycles. The van der Waals surface area contributed by atoms with Gasteiger partial charge in [0.05, 0.1) is 5.92 Å². The molecule has 1 aromatic carbocycles. The van der Waals surface area contributed by atoms with Gasteiger partial charge >= 0.3 is 0 Å². The fourth-order valence-electron chi connectivity index (χ4n) is 2.67. The fraction of sp³-hybridized carbons (Fsp3) is 0.529. The maximum atomic E-state index is 12.3. The second-order valence-corrected chi connectivity index (χ2v) is 6.05. The number of hydrogen-bond acceptors (Lipinski definition) is 2. The van der Waals surface area contributed by atoms with E-state index in [1.54, 1.807) is 0 Å². The van der Waals surface area contributed by atoms with E-state index in [0.29, 0.717) is 18.9 Å². The predicted octanol–water partition coefficient (Wildman–Crippen LogP) is 3.14. The Hall–Kier alpha value is -1.64. The summed E-state index contributed by atoms with van der Waals surface area (Å²) in [5, 5.41) is 0. The minimum absolute atomic E-state index is 0.0294. The van der Waals surface area contributed by atoms with Crippen molar-refractivity contribution < 1.29 is 9.59 Å². The third-order valence-electron chi connectivity index (χ3n) is 3.83. The molecule has 0 radical (unpaired) electrons. The van der Waals surface area contributed by atoms with E-state index in [4.69, 9.17) is 0 Å². The number of amides is 2. The zero-order chi connectivity index (χ0) is 14.7. The second-order valence-electron chi connectivity index (χ2n) is 6.05. The summed E-state index contributed by atoms with van der Waals surface area (Å²) in [5.74, 6) is 0.287. The van der Waals surface area contributed by atoms with E-state index < -0.39 is 0 Å². The van der Waals surface area contributed by atoms with Gasteiger partial charge in [-0.25, -0.2) is 0 Å². The molecule has 1 heterocycles. The van der Waals surface area contributed by atoms with E-state index in [1.807, 2.05) is 19.1 Å². The molecule has 1 atom stereocenters. The normalized spacial score (nSPS) is 16.8. The Labute approximate surface area is 121 Å². The smallest absolute Gasteiger partial charge is 0.236 e. The van der Waals surface area contributed by atoms with Gasteiger partial charge in [-0.3, -0.25) is 14.5 Å². The maximum Gasteiger partial charge on any atom is 0.236 e. The molecule has 1 aromatic rings. The molecule has 0 aromatic heterocycles. The van der Waals surface area contributed by atoms with Crippen molar-refractivity contribution in [2.75, 3.05) is 6.54 Å². The first-order valence-corrected chi connectivity index (χ1v) is 7.42. The lowest BCUT2D eigenvalue weighted by Crippen LogP contribution is -2.35. The Kier molecular flexibility index (Phi) is 4.58. The Bertz CT molecular complexity index is 490. The average molecular weight is 273 g/mol. The van der Waals surface area contributed by atoms with Crippen LogP contribution in [0.25, 0.3) is 0 Å². The number of carbonyl (C=O) groups is 2. The number of carbonyl (C=O) groups excluding carboxylic acids is 2. The summed E-state index contributed by atoms with van der Waals surface area (Å²) < 4.78 is 0. The standard InChI is InChI=1S/C17H23NO2/c1-12(2)11-14-6-8-15(9-7-14)13(3)17(20)18-10-4-5-16(18)19/h6-9,12-13H,4-5,10-11H2,1-3H3. The van der Waals surface area contributed by atoms with Crippen molar-refractivity contribution in [3.63, 3.8) is 0 Å². The monoisotopic (exact) mass is 273 g/mol. The molecule has 20 heavy (non-hydrogen) atoms. The highest BCUT2D eigenvalue weighted by atomic mass is 16.2. The van der Waals surface area contributed by atoms with Crippen molar-refractivity contribution >= 4 is 11.8 Å². The number of likely N-dealkylation sites (tertiary alicyclic amines) is 1. The van der Waals surface area contributed by atoms with E-state index in [1.165, 1.54) is 10.5 Å². The van der Waals surface area contributed by atoms with Crippen molar-refractivity contribution in [2.45, 2.75) is 46.0 Å². The maximum absolute atomic E-state index is 12.3. The van der Waals surface area contributed by atoms with E-state index in [2.05, 4.69) is 26.0 Å². The third kappa shape index (κ3) is 3.27. The van der Waals surface area contributed by atoms with Gasteiger partial charge < -0.3 is 0 Å². The molecular weight excluding hydrogens is 250 g/mol. The summed E-state index contributed by atoms with van der Waals surface area (Å²) in [5.41, 5.74) is 2.28. The van der Waals surface area contributed by atoms with Crippen molar-refractivity contribution in [3.8, 4) is 0 Å². The van der Waals surface area contributed by atoms with Crippen LogP contribution in [0, 0.1) is 5.92 Å². The summed E-state index contributed by atoms with van der Waals surface area (Å²) in [6.07, 6.45) is 2.35. The molecule has 1 fully saturated rings. The summed E-state index contributed by atoms with van der Waals surface area (Å²) in [7, 11) is 0. The second kappa shape index (κ2) is 6.21. The van der Waals surface area contributed by atoms with Crippen LogP contribution in [0.15, 0.2) is 24.3 Å². The lowest BCUT2D eigenvalue weighted by Gasteiger charge is -2.19. The number of nitrogens with zero attached hydrogens (tertiary/aromatic N) is 1. The van der Waals surface area contributed by atoms with Crippen molar-refractivity contribution in [1.29, 1.82) is 0 Å². The summed E-state index contributed by atoms with van der Waals surface area (Å²) in [6.45, 7) is 6.84. The first-order chi connectivity index (χ1) is 9.49. The average Bonchev–Trinajstić information content (AvgIpc) is 2.83. The quantitative estimate of drug-likeness (QED) is 0.845. The number of rotatable bonds is 4. The Morgan fingerprint density at radius 2 is 1.85 bits per heavy atom. The van der Waals surface area contributed by atoms with Crippen LogP contribution in [-0.2, 0) is 16.0 Å².